The van der Waals surface area contributed by atoms with Gasteiger partial charge < -0.3 is 4.74 Å². The summed E-state index contributed by atoms with van der Waals surface area (Å²) in [7, 11) is 0. The number of benzene rings is 2. The average molecular weight is 547 g/mol. The van der Waals surface area contributed by atoms with Crippen LogP contribution in [0.3, 0.4) is 0 Å². The topological polar surface area (TPSA) is 106 Å². The van der Waals surface area contributed by atoms with Crippen molar-refractivity contribution >= 4 is 70.4 Å². The molecule has 1 N–H and O–H groups in total. The summed E-state index contributed by atoms with van der Waals surface area (Å²) in [4.78, 5) is 23.9. The number of ether oxygens (including phenoxy) is 1. The third-order valence-corrected chi connectivity index (χ3v) is 7.12. The Balaban J connectivity index is 1.70. The molecule has 2 atom stereocenters. The van der Waals surface area contributed by atoms with Crippen molar-refractivity contribution in [1.82, 2.24) is 14.9 Å². The van der Waals surface area contributed by atoms with Crippen molar-refractivity contribution in [1.29, 1.82) is 0 Å². The zero-order valence-corrected chi connectivity index (χ0v) is 20.6. The number of non-ortho nitro benzene ring substituents is 1. The predicted octanol–water partition coefficient (Wildman–Crippen LogP) is 5.69. The molecular weight excluding hydrogens is 533 g/mol. The normalized spacial score (nSPS) is 18.1. The monoisotopic (exact) mass is 545 g/mol. The number of H-pyrrole nitrogens is 1. The SMILES string of the molecule is CC1SC(c2cccc([N+](=O)[O-])c2)N(n2c(COc3c(Cl)cc(Cl)cc3Cl)n[nH]c2=S)C1=O. The van der Waals surface area contributed by atoms with Crippen LogP contribution in [-0.4, -0.2) is 31.0 Å². The highest BCUT2D eigenvalue weighted by Gasteiger charge is 2.42. The number of nitrogens with zero attached hydrogens (tertiary/aromatic N) is 4. The van der Waals surface area contributed by atoms with Crippen LogP contribution in [0, 0.1) is 14.9 Å². The van der Waals surface area contributed by atoms with E-state index >= 15 is 0 Å². The molecular formula is C19H14Cl3N5O4S2. The number of nitrogens with one attached hydrogen (secondary N) is 1. The highest BCUT2D eigenvalue weighted by Crippen LogP contribution is 2.43. The van der Waals surface area contributed by atoms with Gasteiger partial charge in [-0.1, -0.05) is 46.9 Å². The van der Waals surface area contributed by atoms with Crippen LogP contribution in [0.4, 0.5) is 5.69 Å². The van der Waals surface area contributed by atoms with Crippen molar-refractivity contribution in [3.8, 4) is 5.75 Å². The number of hydrogen-bond donors (Lipinski definition) is 1. The fraction of sp³-hybridized carbons (Fsp3) is 0.211. The first-order valence-corrected chi connectivity index (χ1v) is 11.8. The van der Waals surface area contributed by atoms with Crippen molar-refractivity contribution < 1.29 is 14.5 Å². The van der Waals surface area contributed by atoms with Crippen molar-refractivity contribution in [2.45, 2.75) is 24.2 Å². The number of amides is 1. The van der Waals surface area contributed by atoms with Gasteiger partial charge >= 0.3 is 0 Å². The number of carbonyl (C=O) groups excluding carboxylic acids is 1. The Morgan fingerprint density at radius 3 is 2.64 bits per heavy atom. The van der Waals surface area contributed by atoms with Crippen LogP contribution in [0.2, 0.25) is 15.1 Å². The van der Waals surface area contributed by atoms with Gasteiger partial charge in [-0.05, 0) is 36.8 Å². The molecule has 1 aliphatic rings. The molecule has 1 saturated heterocycles. The summed E-state index contributed by atoms with van der Waals surface area (Å²) in [6, 6.07) is 9.09. The van der Waals surface area contributed by atoms with Crippen LogP contribution in [-0.2, 0) is 11.4 Å². The van der Waals surface area contributed by atoms with Gasteiger partial charge in [0.1, 0.15) is 12.0 Å². The summed E-state index contributed by atoms with van der Waals surface area (Å²) in [6.07, 6.45) is 0. The highest BCUT2D eigenvalue weighted by atomic mass is 35.5. The molecule has 1 fully saturated rings. The summed E-state index contributed by atoms with van der Waals surface area (Å²) >= 11 is 25.0. The Morgan fingerprint density at radius 1 is 1.27 bits per heavy atom. The van der Waals surface area contributed by atoms with Crippen molar-refractivity contribution in [3.63, 3.8) is 0 Å². The first-order valence-electron chi connectivity index (χ1n) is 9.34. The second kappa shape index (κ2) is 9.51. The molecule has 0 spiro atoms. The third kappa shape index (κ3) is 4.69. The Kier molecular flexibility index (Phi) is 6.87. The maximum absolute atomic E-state index is 13.1. The number of hydrogen-bond acceptors (Lipinski definition) is 7. The van der Waals surface area contributed by atoms with E-state index < -0.39 is 15.5 Å². The van der Waals surface area contributed by atoms with Gasteiger partial charge in [0.05, 0.1) is 20.2 Å². The van der Waals surface area contributed by atoms with Crippen LogP contribution in [0.25, 0.3) is 0 Å². The summed E-state index contributed by atoms with van der Waals surface area (Å²) in [5.74, 6) is 0.243. The standard InChI is InChI=1S/C19H14Cl3N5O4S2/c1-9-17(28)26(18(33-9)10-3-2-4-12(5-10)27(29)30)25-15(23-24-19(25)32)8-31-16-13(21)6-11(20)7-14(16)22/h2-7,9,18H,8H2,1H3,(H,24,32). The fourth-order valence-corrected chi connectivity index (χ4v) is 5.66. The molecule has 1 amide bonds. The van der Waals surface area contributed by atoms with E-state index in [2.05, 4.69) is 10.2 Å². The maximum Gasteiger partial charge on any atom is 0.269 e. The van der Waals surface area contributed by atoms with Crippen LogP contribution in [0.1, 0.15) is 23.7 Å². The van der Waals surface area contributed by atoms with Crippen LogP contribution in [0.5, 0.6) is 5.75 Å². The molecule has 2 unspecified atom stereocenters. The molecule has 0 aliphatic carbocycles. The summed E-state index contributed by atoms with van der Waals surface area (Å²) in [6.45, 7) is 1.63. The van der Waals surface area contributed by atoms with Crippen LogP contribution in [0.15, 0.2) is 36.4 Å². The number of halogens is 3. The van der Waals surface area contributed by atoms with Crippen molar-refractivity contribution in [3.05, 3.63) is 77.7 Å². The molecule has 3 aromatic rings. The first-order chi connectivity index (χ1) is 15.7. The number of aromatic nitrogens is 3. The quantitative estimate of drug-likeness (QED) is 0.241. The molecule has 1 aromatic heterocycles. The molecule has 1 aliphatic heterocycles. The van der Waals surface area contributed by atoms with Gasteiger partial charge in [0.25, 0.3) is 11.6 Å². The lowest BCUT2D eigenvalue weighted by Gasteiger charge is -2.25. The number of thioether (sulfide) groups is 1. The van der Waals surface area contributed by atoms with Gasteiger partial charge in [-0.15, -0.1) is 11.8 Å². The largest absolute Gasteiger partial charge is 0.482 e. The minimum absolute atomic E-state index is 0.0774. The van der Waals surface area contributed by atoms with Crippen LogP contribution >= 0.6 is 58.8 Å². The molecule has 0 bridgehead atoms. The molecule has 2 aromatic carbocycles. The molecule has 14 heteroatoms. The van der Waals surface area contributed by atoms with Crippen molar-refractivity contribution in [2.24, 2.45) is 0 Å². The van der Waals surface area contributed by atoms with Gasteiger partial charge in [0.15, 0.2) is 11.6 Å². The van der Waals surface area contributed by atoms with Gasteiger partial charge in [0.2, 0.25) is 4.77 Å². The van der Waals surface area contributed by atoms with Crippen LogP contribution < -0.4 is 9.75 Å². The van der Waals surface area contributed by atoms with E-state index in [-0.39, 0.29) is 44.6 Å². The zero-order chi connectivity index (χ0) is 23.9. The Bertz CT molecular complexity index is 1290. The number of carbonyl (C=O) groups is 1. The Hall–Kier alpha value is -2.31. The zero-order valence-electron chi connectivity index (χ0n) is 16.7. The fourth-order valence-electron chi connectivity index (χ4n) is 3.27. The van der Waals surface area contributed by atoms with Gasteiger partial charge in [-0.25, -0.2) is 9.69 Å². The number of rotatable bonds is 6. The molecule has 0 radical (unpaired) electrons. The lowest BCUT2D eigenvalue weighted by Crippen LogP contribution is -2.41. The highest BCUT2D eigenvalue weighted by molar-refractivity contribution is 8.01. The van der Waals surface area contributed by atoms with E-state index in [0.717, 1.165) is 0 Å². The molecule has 4 rings (SSSR count). The van der Waals surface area contributed by atoms with Gasteiger partial charge in [0, 0.05) is 17.2 Å². The number of nitro benzene ring substituents is 1. The summed E-state index contributed by atoms with van der Waals surface area (Å²) in [5, 5.41) is 19.3. The lowest BCUT2D eigenvalue weighted by molar-refractivity contribution is -0.384. The number of nitro groups is 1. The second-order valence-electron chi connectivity index (χ2n) is 6.91. The first kappa shape index (κ1) is 23.8. The Morgan fingerprint density at radius 2 is 1.97 bits per heavy atom. The molecule has 172 valence electrons. The molecule has 33 heavy (non-hydrogen) atoms. The van der Waals surface area contributed by atoms with E-state index in [1.807, 2.05) is 0 Å². The smallest absolute Gasteiger partial charge is 0.269 e. The second-order valence-corrected chi connectivity index (χ2v) is 9.97. The predicted molar refractivity (Wildman–Crippen MR) is 129 cm³/mol. The lowest BCUT2D eigenvalue weighted by atomic mass is 10.2. The van der Waals surface area contributed by atoms with Gasteiger partial charge in [-0.3, -0.25) is 20.0 Å². The Labute approximate surface area is 211 Å². The minimum Gasteiger partial charge on any atom is -0.482 e. The van der Waals surface area contributed by atoms with E-state index in [9.17, 15) is 14.9 Å². The van der Waals surface area contributed by atoms with Gasteiger partial charge in [-0.2, -0.15) is 5.10 Å². The minimum atomic E-state index is -0.571. The van der Waals surface area contributed by atoms with Crippen molar-refractivity contribution in [2.75, 3.05) is 5.01 Å². The molecule has 9 nitrogen and oxygen atoms in total. The van der Waals surface area contributed by atoms with E-state index in [1.165, 1.54) is 45.7 Å². The average Bonchev–Trinajstić information content (AvgIpc) is 3.26. The third-order valence-electron chi connectivity index (χ3n) is 4.74. The van der Waals surface area contributed by atoms with E-state index in [4.69, 9.17) is 51.8 Å². The summed E-state index contributed by atoms with van der Waals surface area (Å²) < 4.78 is 7.35. The maximum atomic E-state index is 13.1. The molecule has 0 saturated carbocycles. The van der Waals surface area contributed by atoms with E-state index in [0.29, 0.717) is 10.6 Å². The summed E-state index contributed by atoms with van der Waals surface area (Å²) in [5.41, 5.74) is 0.497. The molecule has 2 heterocycles. The number of aromatic amines is 1. The van der Waals surface area contributed by atoms with E-state index in [1.54, 1.807) is 19.1 Å².